The van der Waals surface area contributed by atoms with Gasteiger partial charge in [-0.3, -0.25) is 9.59 Å². The lowest BCUT2D eigenvalue weighted by atomic mass is 10.1. The molecular formula is C19H22N4O3. The Morgan fingerprint density at radius 2 is 1.46 bits per heavy atom. The molecule has 0 fully saturated rings. The molecular weight excluding hydrogens is 332 g/mol. The van der Waals surface area contributed by atoms with Crippen LogP contribution in [0.2, 0.25) is 0 Å². The number of hydrogen-bond acceptors (Lipinski definition) is 3. The van der Waals surface area contributed by atoms with Crippen LogP contribution in [0.3, 0.4) is 0 Å². The molecule has 0 aliphatic heterocycles. The molecule has 0 aliphatic carbocycles. The second kappa shape index (κ2) is 8.66. The number of hydrogen-bond donors (Lipinski definition) is 4. The fourth-order valence-corrected chi connectivity index (χ4v) is 2.18. The van der Waals surface area contributed by atoms with Crippen LogP contribution in [0.25, 0.3) is 0 Å². The van der Waals surface area contributed by atoms with Crippen LogP contribution in [0, 0.1) is 13.8 Å². The minimum atomic E-state index is -0.339. The third-order valence-electron chi connectivity index (χ3n) is 3.83. The number of carbonyl (C=O) groups is 3. The lowest BCUT2D eigenvalue weighted by molar-refractivity contribution is -0.115. The first-order chi connectivity index (χ1) is 12.4. The van der Waals surface area contributed by atoms with Crippen LogP contribution in [0.15, 0.2) is 42.5 Å². The summed E-state index contributed by atoms with van der Waals surface area (Å²) in [5.74, 6) is -0.637. The van der Waals surface area contributed by atoms with Crippen molar-refractivity contribution in [3.63, 3.8) is 0 Å². The lowest BCUT2D eigenvalue weighted by Crippen LogP contribution is -2.32. The second-order valence-corrected chi connectivity index (χ2v) is 5.81. The molecule has 4 N–H and O–H groups in total. The Morgan fingerprint density at radius 1 is 0.846 bits per heavy atom. The summed E-state index contributed by atoms with van der Waals surface area (Å²) < 4.78 is 0. The van der Waals surface area contributed by atoms with Crippen LogP contribution >= 0.6 is 0 Å². The van der Waals surface area contributed by atoms with E-state index in [1.807, 2.05) is 19.9 Å². The van der Waals surface area contributed by atoms with Crippen molar-refractivity contribution in [2.45, 2.75) is 13.8 Å². The van der Waals surface area contributed by atoms with Gasteiger partial charge in [-0.05, 0) is 61.4 Å². The zero-order valence-corrected chi connectivity index (χ0v) is 15.0. The van der Waals surface area contributed by atoms with Crippen molar-refractivity contribution in [1.82, 2.24) is 10.6 Å². The van der Waals surface area contributed by atoms with E-state index >= 15 is 0 Å². The van der Waals surface area contributed by atoms with Crippen LogP contribution < -0.4 is 21.3 Å². The Kier molecular flexibility index (Phi) is 6.32. The molecule has 2 rings (SSSR count). The van der Waals surface area contributed by atoms with Crippen molar-refractivity contribution in [2.75, 3.05) is 24.2 Å². The van der Waals surface area contributed by atoms with Crippen molar-refractivity contribution >= 4 is 29.2 Å². The summed E-state index contributed by atoms with van der Waals surface area (Å²) in [4.78, 5) is 35.3. The molecule has 2 aromatic rings. The van der Waals surface area contributed by atoms with E-state index in [4.69, 9.17) is 0 Å². The molecule has 7 nitrogen and oxygen atoms in total. The highest BCUT2D eigenvalue weighted by molar-refractivity contribution is 5.99. The minimum Gasteiger partial charge on any atom is -0.343 e. The molecule has 136 valence electrons. The van der Waals surface area contributed by atoms with Gasteiger partial charge in [0, 0.05) is 24.0 Å². The molecule has 0 atom stereocenters. The number of anilines is 2. The van der Waals surface area contributed by atoms with E-state index in [0.29, 0.717) is 16.9 Å². The highest BCUT2D eigenvalue weighted by atomic mass is 16.2. The molecule has 2 aromatic carbocycles. The fourth-order valence-electron chi connectivity index (χ4n) is 2.18. The van der Waals surface area contributed by atoms with Gasteiger partial charge in [-0.1, -0.05) is 6.07 Å². The first-order valence-electron chi connectivity index (χ1n) is 8.13. The molecule has 0 unspecified atom stereocenters. The van der Waals surface area contributed by atoms with Gasteiger partial charge in [0.2, 0.25) is 5.91 Å². The molecule has 0 saturated heterocycles. The van der Waals surface area contributed by atoms with Crippen molar-refractivity contribution in [3.05, 3.63) is 59.2 Å². The molecule has 0 aromatic heterocycles. The maximum atomic E-state index is 12.1. The van der Waals surface area contributed by atoms with Crippen molar-refractivity contribution < 1.29 is 14.4 Å². The smallest absolute Gasteiger partial charge is 0.318 e. The SMILES string of the molecule is CNC(=O)Nc1ccc(NC(=O)CNC(=O)c2ccc(C)c(C)c2)cc1. The topological polar surface area (TPSA) is 99.3 Å². The minimum absolute atomic E-state index is 0.135. The molecule has 26 heavy (non-hydrogen) atoms. The van der Waals surface area contributed by atoms with Crippen LogP contribution in [0.4, 0.5) is 16.2 Å². The lowest BCUT2D eigenvalue weighted by Gasteiger charge is -2.09. The summed E-state index contributed by atoms with van der Waals surface area (Å²) in [6.45, 7) is 3.77. The van der Waals surface area contributed by atoms with Gasteiger partial charge in [-0.25, -0.2) is 4.79 Å². The number of carbonyl (C=O) groups excluding carboxylic acids is 3. The zero-order valence-electron chi connectivity index (χ0n) is 15.0. The molecule has 7 heteroatoms. The molecule has 0 radical (unpaired) electrons. The predicted octanol–water partition coefficient (Wildman–Crippen LogP) is 2.42. The average molecular weight is 354 g/mol. The Labute approximate surface area is 152 Å². The molecule has 0 bridgehead atoms. The summed E-state index contributed by atoms with van der Waals surface area (Å²) >= 11 is 0. The fraction of sp³-hybridized carbons (Fsp3) is 0.211. The Morgan fingerprint density at radius 3 is 2.04 bits per heavy atom. The van der Waals surface area contributed by atoms with Crippen LogP contribution in [0.5, 0.6) is 0 Å². The van der Waals surface area contributed by atoms with Gasteiger partial charge in [0.25, 0.3) is 5.91 Å². The first-order valence-corrected chi connectivity index (χ1v) is 8.13. The number of urea groups is 1. The first kappa shape index (κ1) is 19.0. The van der Waals surface area contributed by atoms with E-state index in [-0.39, 0.29) is 24.4 Å². The van der Waals surface area contributed by atoms with E-state index < -0.39 is 0 Å². The van der Waals surface area contributed by atoms with E-state index in [0.717, 1.165) is 11.1 Å². The van der Waals surface area contributed by atoms with Crippen molar-refractivity contribution in [1.29, 1.82) is 0 Å². The number of nitrogens with one attached hydrogen (secondary N) is 4. The average Bonchev–Trinajstić information content (AvgIpc) is 2.63. The molecule has 0 spiro atoms. The second-order valence-electron chi connectivity index (χ2n) is 5.81. The van der Waals surface area contributed by atoms with Gasteiger partial charge in [0.1, 0.15) is 0 Å². The zero-order chi connectivity index (χ0) is 19.1. The molecule has 0 heterocycles. The summed E-state index contributed by atoms with van der Waals surface area (Å²) in [5.41, 5.74) is 3.81. The highest BCUT2D eigenvalue weighted by Gasteiger charge is 2.09. The highest BCUT2D eigenvalue weighted by Crippen LogP contribution is 2.13. The Bertz CT molecular complexity index is 816. The number of aryl methyl sites for hydroxylation is 2. The van der Waals surface area contributed by atoms with Crippen molar-refractivity contribution in [2.24, 2.45) is 0 Å². The summed E-state index contributed by atoms with van der Waals surface area (Å²) in [7, 11) is 1.52. The standard InChI is InChI=1S/C19H22N4O3/c1-12-4-5-14(10-13(12)2)18(25)21-11-17(24)22-15-6-8-16(9-7-15)23-19(26)20-3/h4-10H,11H2,1-3H3,(H,21,25)(H,22,24)(H2,20,23,26). The number of amides is 4. The molecule has 0 aliphatic rings. The van der Waals surface area contributed by atoms with E-state index in [9.17, 15) is 14.4 Å². The number of rotatable bonds is 5. The van der Waals surface area contributed by atoms with Gasteiger partial charge in [-0.15, -0.1) is 0 Å². The van der Waals surface area contributed by atoms with Crippen LogP contribution in [-0.4, -0.2) is 31.4 Å². The van der Waals surface area contributed by atoms with Gasteiger partial charge >= 0.3 is 6.03 Å². The maximum absolute atomic E-state index is 12.1. The number of benzene rings is 2. The van der Waals surface area contributed by atoms with E-state index in [1.165, 1.54) is 7.05 Å². The third-order valence-corrected chi connectivity index (χ3v) is 3.83. The van der Waals surface area contributed by atoms with E-state index in [1.54, 1.807) is 36.4 Å². The maximum Gasteiger partial charge on any atom is 0.318 e. The monoisotopic (exact) mass is 354 g/mol. The van der Waals surface area contributed by atoms with Gasteiger partial charge < -0.3 is 21.3 Å². The predicted molar refractivity (Wildman–Crippen MR) is 101 cm³/mol. The quantitative estimate of drug-likeness (QED) is 0.663. The Balaban J connectivity index is 1.85. The van der Waals surface area contributed by atoms with Crippen molar-refractivity contribution in [3.8, 4) is 0 Å². The normalized spacial score (nSPS) is 9.96. The molecule has 4 amide bonds. The van der Waals surface area contributed by atoms with Gasteiger partial charge in [0.15, 0.2) is 0 Å². The molecule has 0 saturated carbocycles. The third kappa shape index (κ3) is 5.34. The van der Waals surface area contributed by atoms with Crippen LogP contribution in [-0.2, 0) is 4.79 Å². The van der Waals surface area contributed by atoms with E-state index in [2.05, 4.69) is 21.3 Å². The largest absolute Gasteiger partial charge is 0.343 e. The Hall–Kier alpha value is -3.35. The summed E-state index contributed by atoms with van der Waals surface area (Å²) in [5, 5.41) is 10.3. The van der Waals surface area contributed by atoms with Gasteiger partial charge in [-0.2, -0.15) is 0 Å². The van der Waals surface area contributed by atoms with Crippen LogP contribution in [0.1, 0.15) is 21.5 Å². The summed E-state index contributed by atoms with van der Waals surface area (Å²) in [6.07, 6.45) is 0. The van der Waals surface area contributed by atoms with Gasteiger partial charge in [0.05, 0.1) is 6.54 Å². The summed E-state index contributed by atoms with van der Waals surface area (Å²) in [6, 6.07) is 11.7.